The van der Waals surface area contributed by atoms with E-state index < -0.39 is 0 Å². The van der Waals surface area contributed by atoms with Crippen LogP contribution in [0.1, 0.15) is 39.4 Å². The number of nitrogen functional groups attached to an aromatic ring is 1. The summed E-state index contributed by atoms with van der Waals surface area (Å²) < 4.78 is 0. The van der Waals surface area contributed by atoms with E-state index in [1.807, 2.05) is 13.0 Å². The molecule has 6 heteroatoms. The Morgan fingerprint density at radius 2 is 2.00 bits per heavy atom. The largest absolute Gasteiger partial charge is 0.395 e. The number of aliphatic hydroxyl groups excluding tert-OH is 1. The SMILES string of the molecule is CCc1nc(NN)cc(N(CCO)C(CC)CC)n1. The lowest BCUT2D eigenvalue weighted by molar-refractivity contribution is 0.295. The summed E-state index contributed by atoms with van der Waals surface area (Å²) in [5.41, 5.74) is 2.57. The predicted octanol–water partition coefficient (Wildman–Crippen LogP) is 1.31. The Kier molecular flexibility index (Phi) is 6.52. The Balaban J connectivity index is 3.12. The van der Waals surface area contributed by atoms with Crippen molar-refractivity contribution in [2.45, 2.75) is 46.1 Å². The van der Waals surface area contributed by atoms with Crippen LogP contribution in [0, 0.1) is 0 Å². The van der Waals surface area contributed by atoms with Crippen LogP contribution in [-0.2, 0) is 6.42 Å². The van der Waals surface area contributed by atoms with Crippen LogP contribution in [0.2, 0.25) is 0 Å². The minimum absolute atomic E-state index is 0.105. The van der Waals surface area contributed by atoms with Gasteiger partial charge < -0.3 is 15.4 Å². The van der Waals surface area contributed by atoms with Gasteiger partial charge in [-0.05, 0) is 12.8 Å². The van der Waals surface area contributed by atoms with Gasteiger partial charge in [-0.3, -0.25) is 0 Å². The van der Waals surface area contributed by atoms with Gasteiger partial charge in [0.05, 0.1) is 6.61 Å². The van der Waals surface area contributed by atoms with Crippen LogP contribution in [0.25, 0.3) is 0 Å². The summed E-state index contributed by atoms with van der Waals surface area (Å²) in [7, 11) is 0. The predicted molar refractivity (Wildman–Crippen MR) is 78.0 cm³/mol. The molecular weight excluding hydrogens is 242 g/mol. The summed E-state index contributed by atoms with van der Waals surface area (Å²) >= 11 is 0. The third-order valence-corrected chi connectivity index (χ3v) is 3.24. The molecule has 0 bridgehead atoms. The first-order valence-electron chi connectivity index (χ1n) is 6.92. The summed E-state index contributed by atoms with van der Waals surface area (Å²) in [6.07, 6.45) is 2.76. The maximum atomic E-state index is 9.27. The van der Waals surface area contributed by atoms with Crippen LogP contribution < -0.4 is 16.2 Å². The lowest BCUT2D eigenvalue weighted by atomic mass is 10.1. The lowest BCUT2D eigenvalue weighted by Crippen LogP contribution is -2.37. The van der Waals surface area contributed by atoms with Gasteiger partial charge in [0.15, 0.2) is 0 Å². The molecule has 19 heavy (non-hydrogen) atoms. The second kappa shape index (κ2) is 7.91. The minimum atomic E-state index is 0.105. The highest BCUT2D eigenvalue weighted by Crippen LogP contribution is 2.20. The number of rotatable bonds is 8. The summed E-state index contributed by atoms with van der Waals surface area (Å²) in [6.45, 7) is 6.96. The van der Waals surface area contributed by atoms with Crippen molar-refractivity contribution >= 4 is 11.6 Å². The molecular formula is C13H25N5O. The molecule has 1 aromatic heterocycles. The number of aryl methyl sites for hydroxylation is 1. The van der Waals surface area contributed by atoms with E-state index in [0.717, 1.165) is 30.9 Å². The molecule has 0 atom stereocenters. The van der Waals surface area contributed by atoms with Gasteiger partial charge in [0.1, 0.15) is 17.5 Å². The number of nitrogens with two attached hydrogens (primary N) is 1. The van der Waals surface area contributed by atoms with Crippen LogP contribution in [0.15, 0.2) is 6.07 Å². The summed E-state index contributed by atoms with van der Waals surface area (Å²) in [6, 6.07) is 2.19. The number of nitrogens with zero attached hydrogens (tertiary/aromatic N) is 3. The van der Waals surface area contributed by atoms with Gasteiger partial charge in [-0.15, -0.1) is 0 Å². The van der Waals surface area contributed by atoms with Crippen molar-refractivity contribution in [2.75, 3.05) is 23.5 Å². The van der Waals surface area contributed by atoms with Crippen molar-refractivity contribution in [3.8, 4) is 0 Å². The Bertz CT molecular complexity index is 359. The van der Waals surface area contributed by atoms with Crippen LogP contribution in [-0.4, -0.2) is 34.3 Å². The van der Waals surface area contributed by atoms with E-state index in [4.69, 9.17) is 5.84 Å². The van der Waals surface area contributed by atoms with E-state index >= 15 is 0 Å². The number of hydrogen-bond acceptors (Lipinski definition) is 6. The van der Waals surface area contributed by atoms with E-state index in [0.29, 0.717) is 18.4 Å². The highest BCUT2D eigenvalue weighted by Gasteiger charge is 2.18. The molecule has 0 aliphatic heterocycles. The minimum Gasteiger partial charge on any atom is -0.395 e. The monoisotopic (exact) mass is 267 g/mol. The third-order valence-electron chi connectivity index (χ3n) is 3.24. The van der Waals surface area contributed by atoms with E-state index in [9.17, 15) is 5.11 Å². The zero-order chi connectivity index (χ0) is 14.3. The van der Waals surface area contributed by atoms with Crippen molar-refractivity contribution < 1.29 is 5.11 Å². The topological polar surface area (TPSA) is 87.3 Å². The highest BCUT2D eigenvalue weighted by molar-refractivity contribution is 5.49. The number of anilines is 2. The molecule has 0 aromatic carbocycles. The number of hydrazine groups is 1. The van der Waals surface area contributed by atoms with Gasteiger partial charge in [-0.1, -0.05) is 20.8 Å². The molecule has 1 rings (SSSR count). The van der Waals surface area contributed by atoms with E-state index in [1.54, 1.807) is 0 Å². The average molecular weight is 267 g/mol. The molecule has 1 aromatic rings. The van der Waals surface area contributed by atoms with E-state index in [-0.39, 0.29) is 6.61 Å². The van der Waals surface area contributed by atoms with Crippen LogP contribution >= 0.6 is 0 Å². The summed E-state index contributed by atoms with van der Waals surface area (Å²) in [5.74, 6) is 7.63. The van der Waals surface area contributed by atoms with Crippen molar-refractivity contribution in [2.24, 2.45) is 5.84 Å². The van der Waals surface area contributed by atoms with Gasteiger partial charge >= 0.3 is 0 Å². The van der Waals surface area contributed by atoms with Crippen LogP contribution in [0.4, 0.5) is 11.6 Å². The van der Waals surface area contributed by atoms with Crippen LogP contribution in [0.5, 0.6) is 0 Å². The number of hydrogen-bond donors (Lipinski definition) is 3. The maximum absolute atomic E-state index is 9.27. The highest BCUT2D eigenvalue weighted by atomic mass is 16.3. The zero-order valence-electron chi connectivity index (χ0n) is 12.1. The number of aliphatic hydroxyl groups is 1. The first-order chi connectivity index (χ1) is 9.19. The quantitative estimate of drug-likeness (QED) is 0.486. The van der Waals surface area contributed by atoms with Gasteiger partial charge in [0, 0.05) is 25.1 Å². The third kappa shape index (κ3) is 4.04. The molecule has 4 N–H and O–H groups in total. The van der Waals surface area contributed by atoms with Crippen molar-refractivity contribution in [3.63, 3.8) is 0 Å². The summed E-state index contributed by atoms with van der Waals surface area (Å²) in [5, 5.41) is 9.27. The van der Waals surface area contributed by atoms with Gasteiger partial charge in [-0.25, -0.2) is 15.8 Å². The Labute approximate surface area is 115 Å². The van der Waals surface area contributed by atoms with E-state index in [2.05, 4.69) is 34.1 Å². The molecule has 6 nitrogen and oxygen atoms in total. The Morgan fingerprint density at radius 1 is 1.32 bits per heavy atom. The molecule has 0 radical (unpaired) electrons. The molecule has 0 aliphatic carbocycles. The van der Waals surface area contributed by atoms with Gasteiger partial charge in [-0.2, -0.15) is 0 Å². The summed E-state index contributed by atoms with van der Waals surface area (Å²) in [4.78, 5) is 11.0. The van der Waals surface area contributed by atoms with Crippen molar-refractivity contribution in [1.82, 2.24) is 9.97 Å². The Morgan fingerprint density at radius 3 is 2.47 bits per heavy atom. The van der Waals surface area contributed by atoms with E-state index in [1.165, 1.54) is 0 Å². The van der Waals surface area contributed by atoms with Gasteiger partial charge in [0.25, 0.3) is 0 Å². The molecule has 0 amide bonds. The van der Waals surface area contributed by atoms with Crippen molar-refractivity contribution in [1.29, 1.82) is 0 Å². The second-order valence-electron chi connectivity index (χ2n) is 4.41. The molecule has 0 saturated carbocycles. The first-order valence-corrected chi connectivity index (χ1v) is 6.92. The number of nitrogens with one attached hydrogen (secondary N) is 1. The molecule has 1 heterocycles. The standard InChI is InChI=1S/C13H25N5O/c1-4-10(5-2)18(7-8-19)13-9-12(17-14)15-11(6-3)16-13/h9-10,19H,4-8,14H2,1-3H3,(H,15,16,17). The normalized spacial score (nSPS) is 10.8. The molecule has 0 unspecified atom stereocenters. The number of aromatic nitrogens is 2. The van der Waals surface area contributed by atoms with Crippen molar-refractivity contribution in [3.05, 3.63) is 11.9 Å². The zero-order valence-corrected chi connectivity index (χ0v) is 12.1. The van der Waals surface area contributed by atoms with Crippen LogP contribution in [0.3, 0.4) is 0 Å². The fraction of sp³-hybridized carbons (Fsp3) is 0.692. The molecule has 0 saturated heterocycles. The average Bonchev–Trinajstić information content (AvgIpc) is 2.46. The van der Waals surface area contributed by atoms with Gasteiger partial charge in [0.2, 0.25) is 0 Å². The molecule has 0 spiro atoms. The smallest absolute Gasteiger partial charge is 0.145 e. The molecule has 108 valence electrons. The Hall–Kier alpha value is -1.40. The first kappa shape index (κ1) is 15.7. The maximum Gasteiger partial charge on any atom is 0.145 e. The second-order valence-corrected chi connectivity index (χ2v) is 4.41. The lowest BCUT2D eigenvalue weighted by Gasteiger charge is -2.31. The molecule has 0 aliphatic rings. The fourth-order valence-electron chi connectivity index (χ4n) is 2.18. The fourth-order valence-corrected chi connectivity index (χ4v) is 2.18. The molecule has 0 fully saturated rings.